The number of carbonyl (C=O) groups is 4. The number of fused-ring (bicyclic) bond motifs is 5. The van der Waals surface area contributed by atoms with Gasteiger partial charge in [0.05, 0.1) is 11.3 Å². The van der Waals surface area contributed by atoms with Gasteiger partial charge in [0.15, 0.2) is 11.5 Å². The molecule has 2 saturated carbocycles. The van der Waals surface area contributed by atoms with E-state index < -0.39 is 74.1 Å². The van der Waals surface area contributed by atoms with Crippen LogP contribution in [0, 0.1) is 17.8 Å². The van der Waals surface area contributed by atoms with Crippen molar-refractivity contribution >= 4 is 44.6 Å². The Hall–Kier alpha value is -4.60. The summed E-state index contributed by atoms with van der Waals surface area (Å²) in [6.45, 7) is 6.14. The molecule has 2 aromatic rings. The Morgan fingerprint density at radius 1 is 1.10 bits per heavy atom. The molecular formula is C36H45N5O10S. The third kappa shape index (κ3) is 6.72. The minimum absolute atomic E-state index is 0.000652. The van der Waals surface area contributed by atoms with E-state index in [-0.39, 0.29) is 31.2 Å². The fourth-order valence-corrected chi connectivity index (χ4v) is 9.03. The Labute approximate surface area is 301 Å². The van der Waals surface area contributed by atoms with Crippen LogP contribution in [0.1, 0.15) is 65.7 Å². The SMILES string of the molecule is C[C@@H]1CC/C=C\[C@@H]2C[C@@]2(C(=O)NS(=O)(=O)C2(C)CC2)NC(=O)[C@@H]2C[C@@H](Oc3nccc4c5c(ccc34)OCCO5)CN2C(=O)[C@@H](NC(=O)O)[C@H](C)C1. The van der Waals surface area contributed by atoms with Crippen LogP contribution in [0.3, 0.4) is 0 Å². The molecule has 2 aliphatic carbocycles. The van der Waals surface area contributed by atoms with Crippen molar-refractivity contribution in [2.75, 3.05) is 19.8 Å². The summed E-state index contributed by atoms with van der Waals surface area (Å²) in [7, 11) is -4.00. The molecule has 4 amide bonds. The monoisotopic (exact) mass is 739 g/mol. The second-order valence-electron chi connectivity index (χ2n) is 15.2. The van der Waals surface area contributed by atoms with Crippen LogP contribution >= 0.6 is 0 Å². The highest BCUT2D eigenvalue weighted by Crippen LogP contribution is 2.48. The standard InChI is InChI=1S/C36H45N5O10S/c1-20-6-4-5-7-22-18-36(22,33(44)40-52(47,48)35(3)11-12-35)39-30(42)26-17-23(19-41(26)32(43)28(21(2)16-20)38-34(45)46)51-31-25-8-9-27-29(50-15-14-49-27)24(25)10-13-37-31/h5,7-10,13,20-23,26,28,38H,4,6,11-12,14-19H2,1-3H3,(H,39,42)(H,40,44)(H,45,46)/b7-5-/t20-,21-,22-,23-,26+,28+,36-/m1/s1. The van der Waals surface area contributed by atoms with Gasteiger partial charge in [0.2, 0.25) is 27.7 Å². The number of aromatic nitrogens is 1. The zero-order chi connectivity index (χ0) is 37.0. The van der Waals surface area contributed by atoms with Crippen molar-refractivity contribution in [2.24, 2.45) is 17.8 Å². The molecule has 5 aliphatic rings. The summed E-state index contributed by atoms with van der Waals surface area (Å²) >= 11 is 0. The maximum atomic E-state index is 14.4. The minimum atomic E-state index is -4.00. The highest BCUT2D eigenvalue weighted by Gasteiger charge is 2.63. The maximum absolute atomic E-state index is 14.4. The molecule has 7 rings (SSSR count). The van der Waals surface area contributed by atoms with Crippen LogP contribution in [0.15, 0.2) is 36.5 Å². The number of allylic oxidation sites excluding steroid dienone is 1. The predicted octanol–water partition coefficient (Wildman–Crippen LogP) is 2.88. The number of hydrogen-bond acceptors (Lipinski definition) is 10. The van der Waals surface area contributed by atoms with Gasteiger partial charge in [-0.25, -0.2) is 18.2 Å². The molecular weight excluding hydrogens is 694 g/mol. The van der Waals surface area contributed by atoms with Gasteiger partial charge in [-0.3, -0.25) is 19.1 Å². The van der Waals surface area contributed by atoms with E-state index in [0.29, 0.717) is 61.2 Å². The second kappa shape index (κ2) is 13.4. The third-order valence-corrected chi connectivity index (χ3v) is 13.4. The van der Waals surface area contributed by atoms with Gasteiger partial charge in [0.25, 0.3) is 5.91 Å². The van der Waals surface area contributed by atoms with Crippen molar-refractivity contribution in [3.05, 3.63) is 36.5 Å². The molecule has 0 radical (unpaired) electrons. The summed E-state index contributed by atoms with van der Waals surface area (Å²) in [5, 5.41) is 16.4. The average molecular weight is 740 g/mol. The molecule has 1 aromatic carbocycles. The fraction of sp³-hybridized carbons (Fsp3) is 0.583. The third-order valence-electron chi connectivity index (χ3n) is 11.2. The minimum Gasteiger partial charge on any atom is -0.486 e. The van der Waals surface area contributed by atoms with Gasteiger partial charge >= 0.3 is 6.09 Å². The largest absolute Gasteiger partial charge is 0.486 e. The van der Waals surface area contributed by atoms with Gasteiger partial charge in [0, 0.05) is 29.3 Å². The second-order valence-corrected chi connectivity index (χ2v) is 17.4. The maximum Gasteiger partial charge on any atom is 0.405 e. The highest BCUT2D eigenvalue weighted by atomic mass is 32.2. The van der Waals surface area contributed by atoms with Crippen LogP contribution in [-0.2, 0) is 24.4 Å². The van der Waals surface area contributed by atoms with Crippen LogP contribution in [-0.4, -0.2) is 95.5 Å². The van der Waals surface area contributed by atoms with Gasteiger partial charge in [-0.2, -0.15) is 0 Å². The van der Waals surface area contributed by atoms with E-state index in [2.05, 4.69) is 20.3 Å². The van der Waals surface area contributed by atoms with E-state index in [1.54, 1.807) is 31.3 Å². The topological polar surface area (TPSA) is 203 Å². The first-order valence-corrected chi connectivity index (χ1v) is 19.4. The molecule has 4 N–H and O–H groups in total. The molecule has 1 saturated heterocycles. The molecule has 3 aliphatic heterocycles. The van der Waals surface area contributed by atoms with E-state index >= 15 is 0 Å². The number of nitrogens with zero attached hydrogens (tertiary/aromatic N) is 2. The smallest absolute Gasteiger partial charge is 0.405 e. The van der Waals surface area contributed by atoms with Gasteiger partial charge in [0.1, 0.15) is 36.9 Å². The summed E-state index contributed by atoms with van der Waals surface area (Å²) in [6.07, 6.45) is 6.18. The normalized spacial score (nSPS) is 31.9. The summed E-state index contributed by atoms with van der Waals surface area (Å²) in [4.78, 5) is 60.3. The first-order valence-electron chi connectivity index (χ1n) is 17.9. The van der Waals surface area contributed by atoms with E-state index in [4.69, 9.17) is 14.2 Å². The molecule has 1 aromatic heterocycles. The van der Waals surface area contributed by atoms with Gasteiger partial charge < -0.3 is 34.9 Å². The molecule has 52 heavy (non-hydrogen) atoms. The number of pyridine rings is 1. The van der Waals surface area contributed by atoms with Crippen LogP contribution < -0.4 is 29.6 Å². The number of amides is 4. The van der Waals surface area contributed by atoms with Crippen molar-refractivity contribution in [1.29, 1.82) is 0 Å². The van der Waals surface area contributed by atoms with Gasteiger partial charge in [-0.05, 0) is 75.5 Å². The number of hydrogen-bond donors (Lipinski definition) is 4. The van der Waals surface area contributed by atoms with E-state index in [1.165, 1.54) is 4.90 Å². The quantitative estimate of drug-likeness (QED) is 0.318. The Bertz CT molecular complexity index is 1930. The van der Waals surface area contributed by atoms with Crippen LogP contribution in [0.4, 0.5) is 4.79 Å². The van der Waals surface area contributed by atoms with Crippen LogP contribution in [0.25, 0.3) is 10.8 Å². The number of ether oxygens (including phenoxy) is 3. The number of carboxylic acid groups (broad SMARTS) is 1. The van der Waals surface area contributed by atoms with Crippen molar-refractivity contribution in [3.63, 3.8) is 0 Å². The predicted molar refractivity (Wildman–Crippen MR) is 187 cm³/mol. The summed E-state index contributed by atoms with van der Waals surface area (Å²) in [5.41, 5.74) is -1.55. The molecule has 0 bridgehead atoms. The average Bonchev–Trinajstić information content (AvgIpc) is 3.98. The Morgan fingerprint density at radius 3 is 2.62 bits per heavy atom. The van der Waals surface area contributed by atoms with Crippen molar-refractivity contribution < 1.29 is 46.9 Å². The lowest BCUT2D eigenvalue weighted by Crippen LogP contribution is -2.59. The molecule has 4 heterocycles. The summed E-state index contributed by atoms with van der Waals surface area (Å²) in [6, 6.07) is 3.01. The van der Waals surface area contributed by atoms with Gasteiger partial charge in [-0.1, -0.05) is 26.0 Å². The first-order chi connectivity index (χ1) is 24.7. The molecule has 15 nitrogen and oxygen atoms in total. The Kier molecular flexibility index (Phi) is 9.24. The number of rotatable bonds is 6. The van der Waals surface area contributed by atoms with E-state index in [1.807, 2.05) is 26.0 Å². The van der Waals surface area contributed by atoms with Crippen molar-refractivity contribution in [3.8, 4) is 17.4 Å². The number of sulfonamides is 1. The van der Waals surface area contributed by atoms with Crippen molar-refractivity contribution in [1.82, 2.24) is 25.2 Å². The van der Waals surface area contributed by atoms with E-state index in [9.17, 15) is 32.7 Å². The molecule has 16 heteroatoms. The zero-order valence-electron chi connectivity index (χ0n) is 29.4. The van der Waals surface area contributed by atoms with Crippen molar-refractivity contribution in [2.45, 2.75) is 94.2 Å². The molecule has 7 atom stereocenters. The van der Waals surface area contributed by atoms with Crippen LogP contribution in [0.5, 0.6) is 17.4 Å². The lowest BCUT2D eigenvalue weighted by Gasteiger charge is -2.32. The molecule has 0 unspecified atom stereocenters. The van der Waals surface area contributed by atoms with E-state index in [0.717, 1.165) is 6.42 Å². The summed E-state index contributed by atoms with van der Waals surface area (Å²) < 4.78 is 45.4. The zero-order valence-corrected chi connectivity index (χ0v) is 30.2. The molecule has 3 fully saturated rings. The lowest BCUT2D eigenvalue weighted by molar-refractivity contribution is -0.142. The first kappa shape index (κ1) is 35.8. The number of benzene rings is 1. The fourth-order valence-electron chi connectivity index (χ4n) is 7.72. The molecule has 0 spiro atoms. The number of nitrogens with one attached hydrogen (secondary N) is 3. The Morgan fingerprint density at radius 2 is 1.87 bits per heavy atom. The Balaban J connectivity index is 1.21. The molecule has 280 valence electrons. The lowest BCUT2D eigenvalue weighted by atomic mass is 9.88. The summed E-state index contributed by atoms with van der Waals surface area (Å²) in [5.74, 6) is -1.44. The number of carbonyl (C=O) groups excluding carboxylic acids is 3. The van der Waals surface area contributed by atoms with Crippen LogP contribution in [0.2, 0.25) is 0 Å². The highest BCUT2D eigenvalue weighted by molar-refractivity contribution is 7.91. The van der Waals surface area contributed by atoms with Gasteiger partial charge in [-0.15, -0.1) is 0 Å².